The van der Waals surface area contributed by atoms with Crippen molar-refractivity contribution < 1.29 is 9.18 Å². The molecule has 1 aliphatic rings. The van der Waals surface area contributed by atoms with Crippen LogP contribution in [0.15, 0.2) is 48.5 Å². The fourth-order valence-electron chi connectivity index (χ4n) is 4.20. The Balaban J connectivity index is 1.61. The molecule has 0 unspecified atom stereocenters. The van der Waals surface area contributed by atoms with Crippen molar-refractivity contribution in [3.8, 4) is 5.69 Å². The highest BCUT2D eigenvalue weighted by molar-refractivity contribution is 5.79. The number of likely N-dealkylation sites (tertiary alicyclic amines) is 1. The predicted molar refractivity (Wildman–Crippen MR) is 117 cm³/mol. The van der Waals surface area contributed by atoms with Gasteiger partial charge in [0.25, 0.3) is 0 Å². The zero-order chi connectivity index (χ0) is 21.3. The van der Waals surface area contributed by atoms with Crippen LogP contribution in [-0.4, -0.2) is 51.4 Å². The highest BCUT2D eigenvalue weighted by atomic mass is 19.1. The second-order valence-electron chi connectivity index (χ2n) is 8.45. The van der Waals surface area contributed by atoms with Gasteiger partial charge in [-0.3, -0.25) is 14.3 Å². The van der Waals surface area contributed by atoms with Crippen LogP contribution >= 0.6 is 0 Å². The number of amides is 1. The minimum Gasteiger partial charge on any atom is -0.343 e. The molecule has 30 heavy (non-hydrogen) atoms. The van der Waals surface area contributed by atoms with Gasteiger partial charge in [-0.15, -0.1) is 0 Å². The van der Waals surface area contributed by atoms with Crippen LogP contribution in [0.1, 0.15) is 32.5 Å². The van der Waals surface area contributed by atoms with Gasteiger partial charge in [0, 0.05) is 25.3 Å². The average Bonchev–Trinajstić information content (AvgIpc) is 3.11. The van der Waals surface area contributed by atoms with Crippen molar-refractivity contribution >= 4 is 16.9 Å². The Morgan fingerprint density at radius 1 is 1.20 bits per heavy atom. The molecule has 158 valence electrons. The second kappa shape index (κ2) is 8.56. The van der Waals surface area contributed by atoms with Gasteiger partial charge in [-0.2, -0.15) is 0 Å². The standard InChI is InChI=1S/C24H29FN4O/c1-17(2)27(3)24(30)18-7-6-14-28(15-18)16-23-26-21-8-4-5-9-22(21)29(23)20-12-10-19(25)11-13-20/h4-5,8-13,17-18H,6-7,14-16H2,1-3H3/t18-/m0/s1. The van der Waals surface area contributed by atoms with Gasteiger partial charge >= 0.3 is 0 Å². The van der Waals surface area contributed by atoms with Crippen molar-refractivity contribution in [3.63, 3.8) is 0 Å². The number of imidazole rings is 1. The van der Waals surface area contributed by atoms with Crippen molar-refractivity contribution in [2.24, 2.45) is 5.92 Å². The van der Waals surface area contributed by atoms with Crippen LogP contribution in [0.25, 0.3) is 16.7 Å². The summed E-state index contributed by atoms with van der Waals surface area (Å²) in [6.45, 7) is 6.43. The quantitative estimate of drug-likeness (QED) is 0.634. The Labute approximate surface area is 177 Å². The third kappa shape index (κ3) is 4.10. The lowest BCUT2D eigenvalue weighted by molar-refractivity contribution is -0.137. The van der Waals surface area contributed by atoms with E-state index in [-0.39, 0.29) is 23.7 Å². The first kappa shape index (κ1) is 20.5. The number of piperidine rings is 1. The minimum atomic E-state index is -0.253. The van der Waals surface area contributed by atoms with E-state index < -0.39 is 0 Å². The van der Waals surface area contributed by atoms with Crippen molar-refractivity contribution in [2.45, 2.75) is 39.3 Å². The van der Waals surface area contributed by atoms with E-state index in [4.69, 9.17) is 4.98 Å². The van der Waals surface area contributed by atoms with E-state index in [0.29, 0.717) is 6.54 Å². The third-order valence-corrected chi connectivity index (χ3v) is 6.06. The molecule has 6 heteroatoms. The molecule has 2 aromatic carbocycles. The Kier molecular flexibility index (Phi) is 5.86. The zero-order valence-corrected chi connectivity index (χ0v) is 17.9. The molecule has 1 amide bonds. The molecule has 0 saturated carbocycles. The summed E-state index contributed by atoms with van der Waals surface area (Å²) in [7, 11) is 1.89. The number of rotatable bonds is 5. The molecule has 1 atom stereocenters. The molecule has 0 radical (unpaired) electrons. The number of hydrogen-bond donors (Lipinski definition) is 0. The molecule has 1 fully saturated rings. The Morgan fingerprint density at radius 3 is 2.67 bits per heavy atom. The molecule has 0 N–H and O–H groups in total. The first-order valence-corrected chi connectivity index (χ1v) is 10.7. The molecule has 3 aromatic rings. The molecule has 1 aliphatic heterocycles. The summed E-state index contributed by atoms with van der Waals surface area (Å²) in [4.78, 5) is 21.9. The van der Waals surface area contributed by atoms with E-state index in [1.807, 2.05) is 50.1 Å². The summed E-state index contributed by atoms with van der Waals surface area (Å²) in [6.07, 6.45) is 1.93. The lowest BCUT2D eigenvalue weighted by Gasteiger charge is -2.34. The van der Waals surface area contributed by atoms with Gasteiger partial charge in [0.05, 0.1) is 23.5 Å². The van der Waals surface area contributed by atoms with E-state index in [1.54, 1.807) is 12.1 Å². The molecule has 4 rings (SSSR count). The molecule has 0 bridgehead atoms. The number of carbonyl (C=O) groups excluding carboxylic acids is 1. The number of nitrogens with zero attached hydrogens (tertiary/aromatic N) is 4. The zero-order valence-electron chi connectivity index (χ0n) is 17.9. The normalized spacial score (nSPS) is 17.6. The van der Waals surface area contributed by atoms with Crippen LogP contribution in [0, 0.1) is 11.7 Å². The fraction of sp³-hybridized carbons (Fsp3) is 0.417. The molecule has 0 aliphatic carbocycles. The van der Waals surface area contributed by atoms with Gasteiger partial charge in [0.1, 0.15) is 11.6 Å². The Bertz CT molecular complexity index is 1030. The Morgan fingerprint density at radius 2 is 1.93 bits per heavy atom. The second-order valence-corrected chi connectivity index (χ2v) is 8.45. The average molecular weight is 409 g/mol. The largest absolute Gasteiger partial charge is 0.343 e. The van der Waals surface area contributed by atoms with Crippen LogP contribution in [0.3, 0.4) is 0 Å². The monoisotopic (exact) mass is 408 g/mol. The van der Waals surface area contributed by atoms with Crippen LogP contribution in [0.2, 0.25) is 0 Å². The maximum absolute atomic E-state index is 13.5. The molecular weight excluding hydrogens is 379 g/mol. The van der Waals surface area contributed by atoms with Gasteiger partial charge in [-0.25, -0.2) is 9.37 Å². The van der Waals surface area contributed by atoms with Crippen molar-refractivity contribution in [3.05, 3.63) is 60.2 Å². The summed E-state index contributed by atoms with van der Waals surface area (Å²) in [6, 6.07) is 14.7. The van der Waals surface area contributed by atoms with Crippen LogP contribution in [0.4, 0.5) is 4.39 Å². The van der Waals surface area contributed by atoms with Gasteiger partial charge < -0.3 is 4.90 Å². The number of fused-ring (bicyclic) bond motifs is 1. The number of hydrogen-bond acceptors (Lipinski definition) is 3. The summed E-state index contributed by atoms with van der Waals surface area (Å²) < 4.78 is 15.6. The predicted octanol–water partition coefficient (Wildman–Crippen LogP) is 4.24. The summed E-state index contributed by atoms with van der Waals surface area (Å²) in [5.41, 5.74) is 2.81. The van der Waals surface area contributed by atoms with Gasteiger partial charge in [0.2, 0.25) is 5.91 Å². The number of carbonyl (C=O) groups is 1. The van der Waals surface area contributed by atoms with Gasteiger partial charge in [-0.1, -0.05) is 12.1 Å². The van der Waals surface area contributed by atoms with Crippen molar-refractivity contribution in [1.29, 1.82) is 0 Å². The maximum Gasteiger partial charge on any atom is 0.226 e. The molecular formula is C24H29FN4O. The molecule has 2 heterocycles. The van der Waals surface area contributed by atoms with E-state index >= 15 is 0 Å². The number of benzene rings is 2. The van der Waals surface area contributed by atoms with Crippen molar-refractivity contribution in [1.82, 2.24) is 19.4 Å². The highest BCUT2D eigenvalue weighted by Gasteiger charge is 2.29. The van der Waals surface area contributed by atoms with E-state index in [9.17, 15) is 9.18 Å². The Hall–Kier alpha value is -2.73. The van der Waals surface area contributed by atoms with E-state index in [2.05, 4.69) is 9.47 Å². The molecule has 0 spiro atoms. The lowest BCUT2D eigenvalue weighted by Crippen LogP contribution is -2.45. The topological polar surface area (TPSA) is 41.4 Å². The van der Waals surface area contributed by atoms with Gasteiger partial charge in [-0.05, 0) is 69.6 Å². The van der Waals surface area contributed by atoms with Crippen LogP contribution in [-0.2, 0) is 11.3 Å². The van der Waals surface area contributed by atoms with Gasteiger partial charge in [0.15, 0.2) is 0 Å². The fourth-order valence-corrected chi connectivity index (χ4v) is 4.20. The highest BCUT2D eigenvalue weighted by Crippen LogP contribution is 2.25. The van der Waals surface area contributed by atoms with E-state index in [0.717, 1.165) is 48.5 Å². The lowest BCUT2D eigenvalue weighted by atomic mass is 9.96. The number of aromatic nitrogens is 2. The minimum absolute atomic E-state index is 0.0230. The third-order valence-electron chi connectivity index (χ3n) is 6.06. The molecule has 1 aromatic heterocycles. The SMILES string of the molecule is CC(C)N(C)C(=O)[C@H]1CCCN(Cc2nc3ccccc3n2-c2ccc(F)cc2)C1. The smallest absolute Gasteiger partial charge is 0.226 e. The summed E-state index contributed by atoms with van der Waals surface area (Å²) >= 11 is 0. The van der Waals surface area contributed by atoms with Crippen LogP contribution < -0.4 is 0 Å². The first-order valence-electron chi connectivity index (χ1n) is 10.7. The number of halogens is 1. The molecule has 5 nitrogen and oxygen atoms in total. The van der Waals surface area contributed by atoms with Crippen LogP contribution in [0.5, 0.6) is 0 Å². The summed E-state index contributed by atoms with van der Waals surface area (Å²) in [5.74, 6) is 0.904. The summed E-state index contributed by atoms with van der Waals surface area (Å²) in [5, 5.41) is 0. The van der Waals surface area contributed by atoms with Crippen molar-refractivity contribution in [2.75, 3.05) is 20.1 Å². The maximum atomic E-state index is 13.5. The van der Waals surface area contributed by atoms with E-state index in [1.165, 1.54) is 12.1 Å². The number of para-hydroxylation sites is 2. The molecule has 1 saturated heterocycles. The first-order chi connectivity index (χ1) is 14.4.